The molecular formula is C16H14N6O. The van der Waals surface area contributed by atoms with Crippen molar-refractivity contribution in [2.45, 2.75) is 18.9 Å². The third kappa shape index (κ3) is 1.79. The molecule has 0 aliphatic heterocycles. The Morgan fingerprint density at radius 1 is 1.22 bits per heavy atom. The summed E-state index contributed by atoms with van der Waals surface area (Å²) in [4.78, 5) is 11.8. The first kappa shape index (κ1) is 12.5. The van der Waals surface area contributed by atoms with E-state index in [0.717, 1.165) is 46.2 Å². The van der Waals surface area contributed by atoms with Gasteiger partial charge < -0.3 is 15.8 Å². The van der Waals surface area contributed by atoms with E-state index in [-0.39, 0.29) is 5.75 Å². The minimum absolute atomic E-state index is 0.235. The van der Waals surface area contributed by atoms with Crippen molar-refractivity contribution < 1.29 is 5.11 Å². The highest BCUT2D eigenvalue weighted by Crippen LogP contribution is 2.40. The fourth-order valence-corrected chi connectivity index (χ4v) is 3.01. The van der Waals surface area contributed by atoms with E-state index in [0.29, 0.717) is 11.9 Å². The molecule has 0 spiro atoms. The van der Waals surface area contributed by atoms with Gasteiger partial charge in [0.2, 0.25) is 0 Å². The van der Waals surface area contributed by atoms with Gasteiger partial charge in [-0.1, -0.05) is 0 Å². The predicted octanol–water partition coefficient (Wildman–Crippen LogP) is 2.60. The molecule has 7 nitrogen and oxygen atoms in total. The zero-order chi connectivity index (χ0) is 15.6. The Hall–Kier alpha value is -3.09. The summed E-state index contributed by atoms with van der Waals surface area (Å²) >= 11 is 0. The Bertz CT molecular complexity index is 1060. The topological polar surface area (TPSA) is 106 Å². The zero-order valence-electron chi connectivity index (χ0n) is 12.2. The summed E-state index contributed by atoms with van der Waals surface area (Å²) in [6.07, 6.45) is 3.70. The SMILES string of the molecule is Nc1ncnc2c1c(-c1cc3cc(O)ccc3[nH]1)nn2C1CC1. The first-order chi connectivity index (χ1) is 11.2. The second kappa shape index (κ2) is 4.22. The molecule has 3 aromatic heterocycles. The van der Waals surface area contributed by atoms with Crippen LogP contribution < -0.4 is 5.73 Å². The Morgan fingerprint density at radius 3 is 2.91 bits per heavy atom. The van der Waals surface area contributed by atoms with Gasteiger partial charge >= 0.3 is 0 Å². The number of nitrogen functional groups attached to an aromatic ring is 1. The number of hydrogen-bond donors (Lipinski definition) is 3. The van der Waals surface area contributed by atoms with Gasteiger partial charge in [0.1, 0.15) is 23.6 Å². The molecule has 3 heterocycles. The van der Waals surface area contributed by atoms with Crippen molar-refractivity contribution in [2.75, 3.05) is 5.73 Å². The maximum absolute atomic E-state index is 9.64. The van der Waals surface area contributed by atoms with Crippen LogP contribution in [0.5, 0.6) is 5.75 Å². The summed E-state index contributed by atoms with van der Waals surface area (Å²) in [5.74, 6) is 0.665. The largest absolute Gasteiger partial charge is 0.508 e. The fraction of sp³-hybridized carbons (Fsp3) is 0.188. The highest BCUT2D eigenvalue weighted by atomic mass is 16.3. The molecule has 1 fully saturated rings. The van der Waals surface area contributed by atoms with Crippen LogP contribution in [0.15, 0.2) is 30.6 Å². The normalized spacial score (nSPS) is 14.8. The molecule has 0 bridgehead atoms. The predicted molar refractivity (Wildman–Crippen MR) is 87.0 cm³/mol. The standard InChI is InChI=1S/C16H14N6O/c17-15-13-14(12-6-8-5-10(23)3-4-11(8)20-12)21-22(9-1-2-9)16(13)19-7-18-15/h3-7,9,20,23H,1-2H2,(H2,17,18,19). The molecular weight excluding hydrogens is 292 g/mol. The highest BCUT2D eigenvalue weighted by Gasteiger charge is 2.29. The maximum Gasteiger partial charge on any atom is 0.164 e. The molecule has 0 saturated heterocycles. The quantitative estimate of drug-likeness (QED) is 0.528. The van der Waals surface area contributed by atoms with Crippen molar-refractivity contribution in [3.8, 4) is 17.1 Å². The Kier molecular flexibility index (Phi) is 2.29. The van der Waals surface area contributed by atoms with Crippen molar-refractivity contribution in [3.63, 3.8) is 0 Å². The number of phenols is 1. The molecule has 1 aliphatic rings. The molecule has 0 amide bonds. The number of phenolic OH excluding ortho intramolecular Hbond substituents is 1. The molecule has 0 atom stereocenters. The third-order valence-corrected chi connectivity index (χ3v) is 4.27. The lowest BCUT2D eigenvalue weighted by atomic mass is 10.2. The van der Waals surface area contributed by atoms with E-state index in [1.165, 1.54) is 6.33 Å². The van der Waals surface area contributed by atoms with E-state index in [2.05, 4.69) is 15.0 Å². The van der Waals surface area contributed by atoms with Crippen LogP contribution in [0.3, 0.4) is 0 Å². The summed E-state index contributed by atoms with van der Waals surface area (Å²) < 4.78 is 1.95. The monoisotopic (exact) mass is 306 g/mol. The lowest BCUT2D eigenvalue weighted by Crippen LogP contribution is -1.98. The molecule has 0 radical (unpaired) electrons. The first-order valence-electron chi connectivity index (χ1n) is 7.51. The number of rotatable bonds is 2. The summed E-state index contributed by atoms with van der Waals surface area (Å²) in [6, 6.07) is 7.57. The van der Waals surface area contributed by atoms with Crippen molar-refractivity contribution in [3.05, 3.63) is 30.6 Å². The number of aromatic nitrogens is 5. The van der Waals surface area contributed by atoms with Gasteiger partial charge in [0.15, 0.2) is 5.65 Å². The van der Waals surface area contributed by atoms with Crippen LogP contribution in [-0.2, 0) is 0 Å². The van der Waals surface area contributed by atoms with Gasteiger partial charge in [-0.15, -0.1) is 0 Å². The lowest BCUT2D eigenvalue weighted by Gasteiger charge is -1.98. The Balaban J connectivity index is 1.81. The number of hydrogen-bond acceptors (Lipinski definition) is 5. The number of anilines is 1. The third-order valence-electron chi connectivity index (χ3n) is 4.27. The van der Waals surface area contributed by atoms with E-state index in [1.807, 2.05) is 16.8 Å². The number of nitrogens with two attached hydrogens (primary N) is 1. The molecule has 0 unspecified atom stereocenters. The first-order valence-corrected chi connectivity index (χ1v) is 7.51. The van der Waals surface area contributed by atoms with Crippen LogP contribution in [0.4, 0.5) is 5.82 Å². The minimum atomic E-state index is 0.235. The summed E-state index contributed by atoms with van der Waals surface area (Å²) in [5.41, 5.74) is 9.39. The van der Waals surface area contributed by atoms with E-state index < -0.39 is 0 Å². The van der Waals surface area contributed by atoms with E-state index in [9.17, 15) is 5.11 Å². The van der Waals surface area contributed by atoms with Gasteiger partial charge in [-0.3, -0.25) is 0 Å². The average Bonchev–Trinajstić information content (AvgIpc) is 3.17. The second-order valence-corrected chi connectivity index (χ2v) is 5.94. The van der Waals surface area contributed by atoms with Crippen LogP contribution >= 0.6 is 0 Å². The molecule has 114 valence electrons. The van der Waals surface area contributed by atoms with Crippen LogP contribution in [-0.4, -0.2) is 29.8 Å². The molecule has 1 saturated carbocycles. The van der Waals surface area contributed by atoms with E-state index >= 15 is 0 Å². The van der Waals surface area contributed by atoms with Crippen molar-refractivity contribution in [1.29, 1.82) is 0 Å². The summed E-state index contributed by atoms with van der Waals surface area (Å²) in [5, 5.41) is 16.1. The molecule has 1 aliphatic carbocycles. The van der Waals surface area contributed by atoms with Crippen LogP contribution in [0.1, 0.15) is 18.9 Å². The number of benzene rings is 1. The van der Waals surface area contributed by atoms with Crippen molar-refractivity contribution in [1.82, 2.24) is 24.7 Å². The van der Waals surface area contributed by atoms with Gasteiger partial charge in [-0.2, -0.15) is 5.10 Å². The molecule has 1 aromatic carbocycles. The number of aromatic amines is 1. The number of nitrogens with one attached hydrogen (secondary N) is 1. The van der Waals surface area contributed by atoms with Crippen LogP contribution in [0.25, 0.3) is 33.3 Å². The van der Waals surface area contributed by atoms with Crippen molar-refractivity contribution >= 4 is 27.8 Å². The van der Waals surface area contributed by atoms with E-state index in [4.69, 9.17) is 10.8 Å². The van der Waals surface area contributed by atoms with Gasteiger partial charge in [-0.05, 0) is 37.1 Å². The fourth-order valence-electron chi connectivity index (χ4n) is 3.01. The van der Waals surface area contributed by atoms with Gasteiger partial charge in [-0.25, -0.2) is 14.6 Å². The van der Waals surface area contributed by atoms with Gasteiger partial charge in [0.25, 0.3) is 0 Å². The van der Waals surface area contributed by atoms with Gasteiger partial charge in [0, 0.05) is 10.9 Å². The minimum Gasteiger partial charge on any atom is -0.508 e. The molecule has 5 rings (SSSR count). The number of nitrogens with zero attached hydrogens (tertiary/aromatic N) is 4. The smallest absolute Gasteiger partial charge is 0.164 e. The van der Waals surface area contributed by atoms with Crippen molar-refractivity contribution in [2.24, 2.45) is 0 Å². The zero-order valence-corrected chi connectivity index (χ0v) is 12.2. The molecule has 4 N–H and O–H groups in total. The molecule has 7 heteroatoms. The molecule has 4 aromatic rings. The molecule has 23 heavy (non-hydrogen) atoms. The highest BCUT2D eigenvalue weighted by molar-refractivity contribution is 6.00. The lowest BCUT2D eigenvalue weighted by molar-refractivity contribution is 0.476. The Morgan fingerprint density at radius 2 is 2.09 bits per heavy atom. The van der Waals surface area contributed by atoms with Crippen LogP contribution in [0.2, 0.25) is 0 Å². The average molecular weight is 306 g/mol. The van der Waals surface area contributed by atoms with Crippen LogP contribution in [0, 0.1) is 0 Å². The second-order valence-electron chi connectivity index (χ2n) is 5.94. The number of H-pyrrole nitrogens is 1. The number of fused-ring (bicyclic) bond motifs is 2. The van der Waals surface area contributed by atoms with E-state index in [1.54, 1.807) is 12.1 Å². The number of aromatic hydroxyl groups is 1. The summed E-state index contributed by atoms with van der Waals surface area (Å²) in [7, 11) is 0. The Labute approximate surface area is 130 Å². The van der Waals surface area contributed by atoms with Gasteiger partial charge in [0.05, 0.1) is 17.1 Å². The summed E-state index contributed by atoms with van der Waals surface area (Å²) in [6.45, 7) is 0. The maximum atomic E-state index is 9.64.